The van der Waals surface area contributed by atoms with E-state index in [0.29, 0.717) is 13.0 Å². The first-order valence-corrected chi connectivity index (χ1v) is 8.79. The molecule has 0 N–H and O–H groups in total. The Morgan fingerprint density at radius 3 is 2.77 bits per heavy atom. The zero-order chi connectivity index (χ0) is 15.4. The molecule has 1 aromatic carbocycles. The van der Waals surface area contributed by atoms with Crippen LogP contribution in [0.2, 0.25) is 0 Å². The highest BCUT2D eigenvalue weighted by molar-refractivity contribution is 7.11. The molecule has 0 aliphatic heterocycles. The molecule has 0 radical (unpaired) electrons. The molecule has 1 heterocycles. The van der Waals surface area contributed by atoms with Crippen LogP contribution in [0.15, 0.2) is 30.3 Å². The number of thiazole rings is 1. The Morgan fingerprint density at radius 2 is 2.00 bits per heavy atom. The minimum atomic E-state index is 0.192. The van der Waals surface area contributed by atoms with E-state index in [-0.39, 0.29) is 5.91 Å². The van der Waals surface area contributed by atoms with E-state index in [1.807, 2.05) is 41.5 Å². The van der Waals surface area contributed by atoms with Gasteiger partial charge in [-0.15, -0.1) is 11.3 Å². The first-order valence-electron chi connectivity index (χ1n) is 7.98. The van der Waals surface area contributed by atoms with Gasteiger partial charge in [0.25, 0.3) is 0 Å². The molecule has 1 amide bonds. The molecule has 0 spiro atoms. The lowest BCUT2D eigenvalue weighted by molar-refractivity contribution is -0.130. The SMILES string of the molecule is CN(Cc1ccccc1)C(=O)CCc1nc2c(s1)CCCC2. The number of amides is 1. The maximum absolute atomic E-state index is 12.3. The Hall–Kier alpha value is -1.68. The highest BCUT2D eigenvalue weighted by Crippen LogP contribution is 2.27. The van der Waals surface area contributed by atoms with Crippen LogP contribution in [0.5, 0.6) is 0 Å². The van der Waals surface area contributed by atoms with Gasteiger partial charge in [0.15, 0.2) is 0 Å². The molecule has 0 fully saturated rings. The smallest absolute Gasteiger partial charge is 0.223 e. The van der Waals surface area contributed by atoms with Gasteiger partial charge in [-0.1, -0.05) is 30.3 Å². The van der Waals surface area contributed by atoms with E-state index in [4.69, 9.17) is 4.98 Å². The second kappa shape index (κ2) is 7.05. The number of hydrogen-bond donors (Lipinski definition) is 0. The summed E-state index contributed by atoms with van der Waals surface area (Å²) < 4.78 is 0. The minimum Gasteiger partial charge on any atom is -0.341 e. The third kappa shape index (κ3) is 3.74. The molecule has 0 saturated heterocycles. The molecule has 0 saturated carbocycles. The van der Waals surface area contributed by atoms with Gasteiger partial charge in [0.1, 0.15) is 0 Å². The standard InChI is InChI=1S/C18H22N2OS/c1-20(13-14-7-3-2-4-8-14)18(21)12-11-17-19-15-9-5-6-10-16(15)22-17/h2-4,7-8H,5-6,9-13H2,1H3. The van der Waals surface area contributed by atoms with Crippen molar-refractivity contribution in [1.29, 1.82) is 0 Å². The zero-order valence-electron chi connectivity index (χ0n) is 13.0. The minimum absolute atomic E-state index is 0.192. The van der Waals surface area contributed by atoms with Crippen LogP contribution in [0.1, 0.15) is 40.4 Å². The molecule has 116 valence electrons. The fourth-order valence-electron chi connectivity index (χ4n) is 2.86. The fraction of sp³-hybridized carbons (Fsp3) is 0.444. The molecule has 2 aromatic rings. The number of carbonyl (C=O) groups excluding carboxylic acids is 1. The maximum Gasteiger partial charge on any atom is 0.223 e. The number of nitrogens with zero attached hydrogens (tertiary/aromatic N) is 2. The van der Waals surface area contributed by atoms with Crippen molar-refractivity contribution >= 4 is 17.2 Å². The summed E-state index contributed by atoms with van der Waals surface area (Å²) >= 11 is 1.81. The van der Waals surface area contributed by atoms with Crippen LogP contribution in [0, 0.1) is 0 Å². The van der Waals surface area contributed by atoms with E-state index < -0.39 is 0 Å². The number of benzene rings is 1. The van der Waals surface area contributed by atoms with E-state index >= 15 is 0 Å². The van der Waals surface area contributed by atoms with Crippen molar-refractivity contribution in [3.8, 4) is 0 Å². The molecule has 1 aliphatic rings. The summed E-state index contributed by atoms with van der Waals surface area (Å²) in [5.74, 6) is 0.192. The number of aryl methyl sites for hydroxylation is 3. The second-order valence-electron chi connectivity index (χ2n) is 5.92. The van der Waals surface area contributed by atoms with Gasteiger partial charge in [0.05, 0.1) is 10.7 Å². The molecule has 0 atom stereocenters. The Kier molecular flexibility index (Phi) is 4.88. The van der Waals surface area contributed by atoms with Crippen molar-refractivity contribution in [2.75, 3.05) is 7.05 Å². The van der Waals surface area contributed by atoms with Crippen LogP contribution >= 0.6 is 11.3 Å². The molecule has 1 aliphatic carbocycles. The molecule has 3 rings (SSSR count). The van der Waals surface area contributed by atoms with Crippen LogP contribution in [0.3, 0.4) is 0 Å². The molecule has 3 nitrogen and oxygen atoms in total. The summed E-state index contributed by atoms with van der Waals surface area (Å²) in [6.07, 6.45) is 6.16. The van der Waals surface area contributed by atoms with Crippen LogP contribution in [-0.4, -0.2) is 22.8 Å². The van der Waals surface area contributed by atoms with Crippen LogP contribution in [0.4, 0.5) is 0 Å². The Balaban J connectivity index is 1.52. The van der Waals surface area contributed by atoms with Gasteiger partial charge >= 0.3 is 0 Å². The second-order valence-corrected chi connectivity index (χ2v) is 7.09. The van der Waals surface area contributed by atoms with Crippen molar-refractivity contribution in [3.05, 3.63) is 51.5 Å². The van der Waals surface area contributed by atoms with Crippen molar-refractivity contribution in [3.63, 3.8) is 0 Å². The molecule has 22 heavy (non-hydrogen) atoms. The topological polar surface area (TPSA) is 33.2 Å². The maximum atomic E-state index is 12.3. The fourth-order valence-corrected chi connectivity index (χ4v) is 4.02. The van der Waals surface area contributed by atoms with Crippen LogP contribution in [0.25, 0.3) is 0 Å². The van der Waals surface area contributed by atoms with E-state index in [0.717, 1.165) is 17.8 Å². The quantitative estimate of drug-likeness (QED) is 0.844. The van der Waals surface area contributed by atoms with Crippen molar-refractivity contribution in [2.45, 2.75) is 45.1 Å². The number of fused-ring (bicyclic) bond motifs is 1. The van der Waals surface area contributed by atoms with E-state index in [2.05, 4.69) is 12.1 Å². The molecule has 0 bridgehead atoms. The summed E-state index contributed by atoms with van der Waals surface area (Å²) in [5, 5.41) is 1.13. The number of aromatic nitrogens is 1. The summed E-state index contributed by atoms with van der Waals surface area (Å²) in [4.78, 5) is 20.2. The average Bonchev–Trinajstić information content (AvgIpc) is 2.96. The summed E-state index contributed by atoms with van der Waals surface area (Å²) in [7, 11) is 1.88. The third-order valence-electron chi connectivity index (χ3n) is 4.13. The molecular weight excluding hydrogens is 292 g/mol. The third-order valence-corrected chi connectivity index (χ3v) is 5.35. The Bertz CT molecular complexity index is 612. The molecular formula is C18H22N2OS. The van der Waals surface area contributed by atoms with Gasteiger partial charge in [-0.25, -0.2) is 4.98 Å². The monoisotopic (exact) mass is 314 g/mol. The molecule has 0 unspecified atom stereocenters. The van der Waals surface area contributed by atoms with E-state index in [9.17, 15) is 4.79 Å². The first-order chi connectivity index (χ1) is 10.7. The predicted octanol–water partition coefficient (Wildman–Crippen LogP) is 3.61. The first kappa shape index (κ1) is 15.2. The largest absolute Gasteiger partial charge is 0.341 e. The zero-order valence-corrected chi connectivity index (χ0v) is 13.9. The van der Waals surface area contributed by atoms with Gasteiger partial charge in [0.2, 0.25) is 5.91 Å². The molecule has 4 heteroatoms. The van der Waals surface area contributed by atoms with Crippen LogP contribution in [-0.2, 0) is 30.6 Å². The van der Waals surface area contributed by atoms with Crippen LogP contribution < -0.4 is 0 Å². The van der Waals surface area contributed by atoms with Gasteiger partial charge in [0, 0.05) is 31.3 Å². The summed E-state index contributed by atoms with van der Waals surface area (Å²) in [6, 6.07) is 10.1. The highest BCUT2D eigenvalue weighted by Gasteiger charge is 2.16. The van der Waals surface area contributed by atoms with Gasteiger partial charge in [-0.05, 0) is 31.2 Å². The van der Waals surface area contributed by atoms with Gasteiger partial charge in [-0.3, -0.25) is 4.79 Å². The van der Waals surface area contributed by atoms with Gasteiger partial charge in [-0.2, -0.15) is 0 Å². The normalized spacial score (nSPS) is 13.7. The summed E-state index contributed by atoms with van der Waals surface area (Å²) in [6.45, 7) is 0.675. The number of rotatable bonds is 5. The lowest BCUT2D eigenvalue weighted by Gasteiger charge is -2.16. The average molecular weight is 314 g/mol. The van der Waals surface area contributed by atoms with Crippen molar-refractivity contribution < 1.29 is 4.79 Å². The number of carbonyl (C=O) groups is 1. The molecule has 1 aromatic heterocycles. The lowest BCUT2D eigenvalue weighted by Crippen LogP contribution is -2.26. The van der Waals surface area contributed by atoms with Crippen molar-refractivity contribution in [1.82, 2.24) is 9.88 Å². The highest BCUT2D eigenvalue weighted by atomic mass is 32.1. The predicted molar refractivity (Wildman–Crippen MR) is 90.0 cm³/mol. The summed E-state index contributed by atoms with van der Waals surface area (Å²) in [5.41, 5.74) is 2.46. The Labute approximate surface area is 136 Å². The lowest BCUT2D eigenvalue weighted by atomic mass is 10.0. The van der Waals surface area contributed by atoms with Crippen molar-refractivity contribution in [2.24, 2.45) is 0 Å². The Morgan fingerprint density at radius 1 is 1.23 bits per heavy atom. The van der Waals surface area contributed by atoms with E-state index in [1.54, 1.807) is 0 Å². The number of hydrogen-bond acceptors (Lipinski definition) is 3. The van der Waals surface area contributed by atoms with E-state index in [1.165, 1.54) is 35.4 Å². The van der Waals surface area contributed by atoms with Gasteiger partial charge < -0.3 is 4.90 Å².